The Balaban J connectivity index is 3.11. The monoisotopic (exact) mass is 207 g/mol. The van der Waals surface area contributed by atoms with Gasteiger partial charge in [-0.2, -0.15) is 0 Å². The standard InChI is InChI=1S/C7H13NO2S2/c1-12-7(11)8-5-3-2-4-6(9)10/h2-5H2,1H3,(H,8,11)(H,9,10). The van der Waals surface area contributed by atoms with Gasteiger partial charge in [0.2, 0.25) is 0 Å². The molecule has 3 nitrogen and oxygen atoms in total. The van der Waals surface area contributed by atoms with Crippen LogP contribution in [-0.4, -0.2) is 28.2 Å². The van der Waals surface area contributed by atoms with Gasteiger partial charge in [0.25, 0.3) is 0 Å². The molecule has 0 fully saturated rings. The number of carbonyl (C=O) groups is 1. The lowest BCUT2D eigenvalue weighted by atomic mass is 10.2. The number of unbranched alkanes of at least 4 members (excludes halogenated alkanes) is 1. The van der Waals surface area contributed by atoms with Crippen molar-refractivity contribution in [3.05, 3.63) is 0 Å². The maximum atomic E-state index is 10.1. The lowest BCUT2D eigenvalue weighted by Gasteiger charge is -2.03. The van der Waals surface area contributed by atoms with Crippen LogP contribution in [0, 0.1) is 0 Å². The lowest BCUT2D eigenvalue weighted by Crippen LogP contribution is -2.19. The van der Waals surface area contributed by atoms with Crippen LogP contribution in [-0.2, 0) is 4.79 Å². The summed E-state index contributed by atoms with van der Waals surface area (Å²) in [5.41, 5.74) is 0. The Labute approximate surface area is 81.9 Å². The molecule has 0 radical (unpaired) electrons. The Bertz CT molecular complexity index is 161. The van der Waals surface area contributed by atoms with Gasteiger partial charge in [0.1, 0.15) is 4.32 Å². The number of carboxylic acid groups (broad SMARTS) is 1. The number of hydrogen-bond donors (Lipinski definition) is 2. The molecule has 0 aromatic rings. The summed E-state index contributed by atoms with van der Waals surface area (Å²) in [6.45, 7) is 0.771. The zero-order valence-electron chi connectivity index (χ0n) is 7.00. The highest BCUT2D eigenvalue weighted by molar-refractivity contribution is 8.22. The Morgan fingerprint density at radius 1 is 1.58 bits per heavy atom. The van der Waals surface area contributed by atoms with Crippen LogP contribution >= 0.6 is 24.0 Å². The van der Waals surface area contributed by atoms with Crippen LogP contribution in [0.25, 0.3) is 0 Å². The summed E-state index contributed by atoms with van der Waals surface area (Å²) in [7, 11) is 0. The van der Waals surface area contributed by atoms with E-state index in [2.05, 4.69) is 5.32 Å². The Kier molecular flexibility index (Phi) is 7.19. The van der Waals surface area contributed by atoms with Crippen LogP contribution < -0.4 is 5.32 Å². The van der Waals surface area contributed by atoms with Gasteiger partial charge >= 0.3 is 5.97 Å². The highest BCUT2D eigenvalue weighted by Crippen LogP contribution is 1.96. The van der Waals surface area contributed by atoms with Crippen LogP contribution in [0.4, 0.5) is 0 Å². The summed E-state index contributed by atoms with van der Waals surface area (Å²) >= 11 is 6.39. The van der Waals surface area contributed by atoms with Gasteiger partial charge in [-0.1, -0.05) is 12.2 Å². The molecule has 0 unspecified atom stereocenters. The first-order chi connectivity index (χ1) is 5.66. The summed E-state index contributed by atoms with van der Waals surface area (Å²) in [4.78, 5) is 10.1. The molecule has 0 saturated heterocycles. The normalized spacial score (nSPS) is 9.42. The van der Waals surface area contributed by atoms with Crippen molar-refractivity contribution in [2.24, 2.45) is 0 Å². The highest BCUT2D eigenvalue weighted by Gasteiger charge is 1.96. The second-order valence-corrected chi connectivity index (χ2v) is 3.75. The number of carboxylic acids is 1. The molecule has 2 N–H and O–H groups in total. The van der Waals surface area contributed by atoms with Crippen LogP contribution in [0.1, 0.15) is 19.3 Å². The van der Waals surface area contributed by atoms with E-state index in [1.165, 1.54) is 11.8 Å². The molecule has 0 aromatic carbocycles. The fourth-order valence-electron chi connectivity index (χ4n) is 0.664. The van der Waals surface area contributed by atoms with Crippen molar-refractivity contribution in [1.82, 2.24) is 5.32 Å². The van der Waals surface area contributed by atoms with Gasteiger partial charge < -0.3 is 10.4 Å². The minimum Gasteiger partial charge on any atom is -0.481 e. The first kappa shape index (κ1) is 11.7. The molecule has 0 amide bonds. The zero-order chi connectivity index (χ0) is 9.40. The van der Waals surface area contributed by atoms with E-state index in [-0.39, 0.29) is 6.42 Å². The summed E-state index contributed by atoms with van der Waals surface area (Å²) in [6.07, 6.45) is 3.71. The van der Waals surface area contributed by atoms with Crippen molar-refractivity contribution in [2.75, 3.05) is 12.8 Å². The van der Waals surface area contributed by atoms with Gasteiger partial charge in [-0.3, -0.25) is 4.79 Å². The van der Waals surface area contributed by atoms with E-state index in [9.17, 15) is 4.79 Å². The molecule has 12 heavy (non-hydrogen) atoms. The zero-order valence-corrected chi connectivity index (χ0v) is 8.63. The first-order valence-electron chi connectivity index (χ1n) is 3.70. The SMILES string of the molecule is CSC(=S)NCCCCC(=O)O. The van der Waals surface area contributed by atoms with Crippen molar-refractivity contribution >= 4 is 34.3 Å². The lowest BCUT2D eigenvalue weighted by molar-refractivity contribution is -0.137. The van der Waals surface area contributed by atoms with Crippen LogP contribution in [0.2, 0.25) is 0 Å². The molecule has 0 bridgehead atoms. The van der Waals surface area contributed by atoms with Crippen molar-refractivity contribution < 1.29 is 9.90 Å². The summed E-state index contributed by atoms with van der Waals surface area (Å²) < 4.78 is 0.769. The Hall–Kier alpha value is -0.290. The number of thioether (sulfide) groups is 1. The maximum absolute atomic E-state index is 10.1. The van der Waals surface area contributed by atoms with E-state index in [0.29, 0.717) is 6.42 Å². The predicted molar refractivity (Wildman–Crippen MR) is 55.6 cm³/mol. The molecule has 0 rings (SSSR count). The molecule has 0 aliphatic carbocycles. The maximum Gasteiger partial charge on any atom is 0.303 e. The van der Waals surface area contributed by atoms with E-state index in [1.54, 1.807) is 0 Å². The molecule has 0 heterocycles. The van der Waals surface area contributed by atoms with E-state index in [0.717, 1.165) is 17.3 Å². The number of hydrogen-bond acceptors (Lipinski definition) is 3. The van der Waals surface area contributed by atoms with Crippen LogP contribution in [0.5, 0.6) is 0 Å². The molecule has 0 aliphatic rings. The van der Waals surface area contributed by atoms with Crippen molar-refractivity contribution in [3.63, 3.8) is 0 Å². The minimum absolute atomic E-state index is 0.244. The summed E-state index contributed by atoms with van der Waals surface area (Å²) in [5.74, 6) is -0.734. The van der Waals surface area contributed by atoms with Gasteiger partial charge in [0.05, 0.1) is 0 Å². The Morgan fingerprint density at radius 2 is 2.25 bits per heavy atom. The van der Waals surface area contributed by atoms with Gasteiger partial charge in [-0.05, 0) is 19.1 Å². The second-order valence-electron chi connectivity index (χ2n) is 2.27. The largest absolute Gasteiger partial charge is 0.481 e. The van der Waals surface area contributed by atoms with Crippen molar-refractivity contribution in [1.29, 1.82) is 0 Å². The van der Waals surface area contributed by atoms with Gasteiger partial charge in [0.15, 0.2) is 0 Å². The van der Waals surface area contributed by atoms with E-state index >= 15 is 0 Å². The quantitative estimate of drug-likeness (QED) is 0.528. The average molecular weight is 207 g/mol. The molecule has 0 aromatic heterocycles. The minimum atomic E-state index is -0.734. The fourth-order valence-corrected chi connectivity index (χ4v) is 1.01. The molecule has 5 heteroatoms. The molecule has 0 spiro atoms. The van der Waals surface area contributed by atoms with Gasteiger partial charge in [0, 0.05) is 13.0 Å². The molecular weight excluding hydrogens is 194 g/mol. The number of thiocarbonyl (C=S) groups is 1. The predicted octanol–water partition coefficient (Wildman–Crippen LogP) is 1.48. The molecule has 0 saturated carbocycles. The summed E-state index contributed by atoms with van der Waals surface area (Å²) in [6, 6.07) is 0. The highest BCUT2D eigenvalue weighted by atomic mass is 32.2. The molecule has 0 aliphatic heterocycles. The Morgan fingerprint density at radius 3 is 2.75 bits per heavy atom. The number of aliphatic carboxylic acids is 1. The fraction of sp³-hybridized carbons (Fsp3) is 0.714. The number of nitrogens with one attached hydrogen (secondary N) is 1. The van der Waals surface area contributed by atoms with Gasteiger partial charge in [-0.15, -0.1) is 11.8 Å². The third-order valence-electron chi connectivity index (χ3n) is 1.27. The third-order valence-corrected chi connectivity index (χ3v) is 2.43. The smallest absolute Gasteiger partial charge is 0.303 e. The van der Waals surface area contributed by atoms with Gasteiger partial charge in [-0.25, -0.2) is 0 Å². The van der Waals surface area contributed by atoms with Crippen molar-refractivity contribution in [2.45, 2.75) is 19.3 Å². The first-order valence-corrected chi connectivity index (χ1v) is 5.33. The average Bonchev–Trinajstić information content (AvgIpc) is 2.03. The van der Waals surface area contributed by atoms with E-state index in [1.807, 2.05) is 6.26 Å². The third kappa shape index (κ3) is 7.81. The molecule has 0 atom stereocenters. The number of rotatable bonds is 5. The second kappa shape index (κ2) is 7.36. The molecular formula is C7H13NO2S2. The topological polar surface area (TPSA) is 49.3 Å². The molecule has 70 valence electrons. The van der Waals surface area contributed by atoms with E-state index < -0.39 is 5.97 Å². The van der Waals surface area contributed by atoms with E-state index in [4.69, 9.17) is 17.3 Å². The van der Waals surface area contributed by atoms with Crippen molar-refractivity contribution in [3.8, 4) is 0 Å². The van der Waals surface area contributed by atoms with Crippen LogP contribution in [0.15, 0.2) is 0 Å². The summed E-state index contributed by atoms with van der Waals surface area (Å²) in [5, 5.41) is 11.3. The van der Waals surface area contributed by atoms with Crippen LogP contribution in [0.3, 0.4) is 0 Å².